The van der Waals surface area contributed by atoms with Gasteiger partial charge in [0.2, 0.25) is 0 Å². The molecule has 0 N–H and O–H groups in total. The molecule has 1 aromatic carbocycles. The number of pyridine rings is 1. The molecule has 3 aromatic heterocycles. The van der Waals surface area contributed by atoms with Crippen LogP contribution in [0.1, 0.15) is 6.92 Å². The smallest absolute Gasteiger partial charge is 0.162 e. The Hall–Kier alpha value is -3.23. The molecule has 0 spiro atoms. The molecule has 2 fully saturated rings. The molecular formula is C25H29N7O. The van der Waals surface area contributed by atoms with Gasteiger partial charge in [-0.2, -0.15) is 5.10 Å². The molecule has 170 valence electrons. The summed E-state index contributed by atoms with van der Waals surface area (Å²) in [6, 6.07) is 8.69. The van der Waals surface area contributed by atoms with E-state index in [9.17, 15) is 0 Å². The quantitative estimate of drug-likeness (QED) is 0.470. The third kappa shape index (κ3) is 3.69. The molecule has 0 saturated carbocycles. The Morgan fingerprint density at radius 1 is 1.00 bits per heavy atom. The monoisotopic (exact) mass is 443 g/mol. The molecule has 2 aliphatic rings. The molecule has 2 saturated heterocycles. The van der Waals surface area contributed by atoms with E-state index in [1.807, 2.05) is 48.2 Å². The van der Waals surface area contributed by atoms with Crippen molar-refractivity contribution >= 4 is 22.2 Å². The number of aromatic nitrogens is 4. The van der Waals surface area contributed by atoms with Crippen LogP contribution in [0.15, 0.2) is 49.1 Å². The van der Waals surface area contributed by atoms with E-state index in [1.54, 1.807) is 0 Å². The van der Waals surface area contributed by atoms with E-state index in [4.69, 9.17) is 9.72 Å². The molecule has 8 heteroatoms. The van der Waals surface area contributed by atoms with Crippen molar-refractivity contribution in [2.45, 2.75) is 13.0 Å². The highest BCUT2D eigenvalue weighted by Gasteiger charge is 2.33. The first-order chi connectivity index (χ1) is 16.2. The van der Waals surface area contributed by atoms with Crippen molar-refractivity contribution in [2.75, 3.05) is 57.8 Å². The fourth-order valence-electron chi connectivity index (χ4n) is 4.92. The highest BCUT2D eigenvalue weighted by atomic mass is 16.5. The maximum atomic E-state index is 5.72. The predicted octanol–water partition coefficient (Wildman–Crippen LogP) is 2.78. The molecule has 4 aromatic rings. The van der Waals surface area contributed by atoms with E-state index < -0.39 is 0 Å². The lowest BCUT2D eigenvalue weighted by molar-refractivity contribution is 0.0963. The van der Waals surface area contributed by atoms with Crippen LogP contribution in [-0.2, 0) is 0 Å². The molecular weight excluding hydrogens is 414 g/mol. The second-order valence-electron chi connectivity index (χ2n) is 9.01. The second-order valence-corrected chi connectivity index (χ2v) is 9.01. The van der Waals surface area contributed by atoms with Crippen LogP contribution in [-0.4, -0.2) is 88.3 Å². The van der Waals surface area contributed by atoms with Gasteiger partial charge >= 0.3 is 0 Å². The van der Waals surface area contributed by atoms with Crippen molar-refractivity contribution < 1.29 is 4.74 Å². The molecule has 0 amide bonds. The summed E-state index contributed by atoms with van der Waals surface area (Å²) in [5, 5.41) is 5.68. The molecule has 33 heavy (non-hydrogen) atoms. The highest BCUT2D eigenvalue weighted by Crippen LogP contribution is 2.33. The minimum atomic E-state index is 0.633. The second kappa shape index (κ2) is 8.28. The largest absolute Gasteiger partial charge is 0.494 e. The number of rotatable bonds is 5. The van der Waals surface area contributed by atoms with Crippen LogP contribution < -0.4 is 9.64 Å². The molecule has 0 radical (unpaired) electrons. The van der Waals surface area contributed by atoms with Crippen molar-refractivity contribution in [1.82, 2.24) is 29.4 Å². The average molecular weight is 444 g/mol. The van der Waals surface area contributed by atoms with E-state index in [0.717, 1.165) is 65.3 Å². The fourth-order valence-corrected chi connectivity index (χ4v) is 4.92. The zero-order valence-electron chi connectivity index (χ0n) is 19.2. The van der Waals surface area contributed by atoms with Crippen LogP contribution in [0.2, 0.25) is 0 Å². The van der Waals surface area contributed by atoms with Gasteiger partial charge in [-0.15, -0.1) is 0 Å². The minimum absolute atomic E-state index is 0.633. The lowest BCUT2D eigenvalue weighted by Gasteiger charge is -2.48. The maximum absolute atomic E-state index is 5.72. The van der Waals surface area contributed by atoms with Gasteiger partial charge in [-0.25, -0.2) is 9.50 Å². The van der Waals surface area contributed by atoms with Gasteiger partial charge < -0.3 is 14.5 Å². The first-order valence-corrected chi connectivity index (χ1v) is 11.7. The third-order valence-corrected chi connectivity index (χ3v) is 6.94. The normalized spacial score (nSPS) is 18.2. The summed E-state index contributed by atoms with van der Waals surface area (Å²) >= 11 is 0. The summed E-state index contributed by atoms with van der Waals surface area (Å²) in [7, 11) is 2.20. The number of nitrogens with zero attached hydrogens (tertiary/aromatic N) is 7. The van der Waals surface area contributed by atoms with Gasteiger partial charge in [0.05, 0.1) is 36.4 Å². The predicted molar refractivity (Wildman–Crippen MR) is 130 cm³/mol. The van der Waals surface area contributed by atoms with E-state index in [0.29, 0.717) is 12.6 Å². The van der Waals surface area contributed by atoms with Gasteiger partial charge in [-0.05, 0) is 43.8 Å². The van der Waals surface area contributed by atoms with Crippen LogP contribution >= 0.6 is 0 Å². The van der Waals surface area contributed by atoms with Crippen molar-refractivity contribution in [2.24, 2.45) is 0 Å². The summed E-state index contributed by atoms with van der Waals surface area (Å²) in [6.07, 6.45) is 7.82. The summed E-state index contributed by atoms with van der Waals surface area (Å²) in [4.78, 5) is 16.8. The molecule has 0 bridgehead atoms. The summed E-state index contributed by atoms with van der Waals surface area (Å²) in [5.41, 5.74) is 4.98. The van der Waals surface area contributed by atoms with Crippen molar-refractivity contribution in [3.05, 3.63) is 49.1 Å². The molecule has 0 unspecified atom stereocenters. The zero-order chi connectivity index (χ0) is 22.4. The van der Waals surface area contributed by atoms with Gasteiger partial charge in [0, 0.05) is 62.5 Å². The molecule has 6 rings (SSSR count). The van der Waals surface area contributed by atoms with E-state index in [-0.39, 0.29) is 0 Å². The van der Waals surface area contributed by atoms with Crippen molar-refractivity contribution in [1.29, 1.82) is 0 Å². The van der Waals surface area contributed by atoms with Crippen LogP contribution in [0, 0.1) is 0 Å². The minimum Gasteiger partial charge on any atom is -0.494 e. The topological polar surface area (TPSA) is 62.0 Å². The maximum Gasteiger partial charge on any atom is 0.162 e. The lowest BCUT2D eigenvalue weighted by Crippen LogP contribution is -2.63. The van der Waals surface area contributed by atoms with E-state index in [2.05, 4.69) is 44.1 Å². The number of hydrogen-bond acceptors (Lipinski definition) is 7. The molecule has 2 aliphatic heterocycles. The number of piperazine rings is 1. The molecule has 0 atom stereocenters. The van der Waals surface area contributed by atoms with Gasteiger partial charge in [0.15, 0.2) is 5.65 Å². The average Bonchev–Trinajstić information content (AvgIpc) is 3.22. The Kier molecular flexibility index (Phi) is 5.11. The first-order valence-electron chi connectivity index (χ1n) is 11.7. The van der Waals surface area contributed by atoms with E-state index >= 15 is 0 Å². The fraction of sp³-hybridized carbons (Fsp3) is 0.400. The zero-order valence-corrected chi connectivity index (χ0v) is 19.2. The van der Waals surface area contributed by atoms with Gasteiger partial charge in [0.25, 0.3) is 0 Å². The summed E-state index contributed by atoms with van der Waals surface area (Å²) in [6.45, 7) is 9.40. The van der Waals surface area contributed by atoms with Crippen molar-refractivity contribution in [3.8, 4) is 16.9 Å². The Morgan fingerprint density at radius 3 is 2.67 bits per heavy atom. The number of hydrogen-bond donors (Lipinski definition) is 0. The van der Waals surface area contributed by atoms with Crippen LogP contribution in [0.4, 0.5) is 5.69 Å². The van der Waals surface area contributed by atoms with Crippen LogP contribution in [0.5, 0.6) is 5.75 Å². The van der Waals surface area contributed by atoms with Crippen LogP contribution in [0.3, 0.4) is 0 Å². The molecule has 0 aliphatic carbocycles. The number of benzene rings is 1. The lowest BCUT2D eigenvalue weighted by atomic mass is 10.0. The standard InChI is InChI=1S/C25H29N7O/c1-3-33-20-4-5-24-22(12-20)21(6-7-26-24)23-14-28-32-17-18(13-27-25(23)32)31-15-19(16-31)30-10-8-29(2)9-11-30/h4-7,12-14,17,19H,3,8-11,15-16H2,1-2H3. The Bertz CT molecular complexity index is 1290. The third-order valence-electron chi connectivity index (χ3n) is 6.94. The van der Waals surface area contributed by atoms with Crippen LogP contribution in [0.25, 0.3) is 27.7 Å². The SMILES string of the molecule is CCOc1ccc2nccc(-c3cnn4cc(N5CC(N6CCN(C)CC6)C5)cnc34)c2c1. The van der Waals surface area contributed by atoms with Gasteiger partial charge in [-0.3, -0.25) is 9.88 Å². The number of fused-ring (bicyclic) bond motifs is 2. The highest BCUT2D eigenvalue weighted by molar-refractivity contribution is 5.98. The molecule has 8 nitrogen and oxygen atoms in total. The Morgan fingerprint density at radius 2 is 1.85 bits per heavy atom. The summed E-state index contributed by atoms with van der Waals surface area (Å²) in [5.74, 6) is 0.846. The van der Waals surface area contributed by atoms with E-state index in [1.165, 1.54) is 13.1 Å². The van der Waals surface area contributed by atoms with Gasteiger partial charge in [0.1, 0.15) is 5.75 Å². The Balaban J connectivity index is 1.26. The molecule has 5 heterocycles. The number of anilines is 1. The number of likely N-dealkylation sites (N-methyl/N-ethyl adjacent to an activating group) is 1. The van der Waals surface area contributed by atoms with Crippen molar-refractivity contribution in [3.63, 3.8) is 0 Å². The first kappa shape index (κ1) is 20.4. The van der Waals surface area contributed by atoms with Gasteiger partial charge in [-0.1, -0.05) is 0 Å². The number of ether oxygens (including phenoxy) is 1. The Labute approximate surface area is 193 Å². The summed E-state index contributed by atoms with van der Waals surface area (Å²) < 4.78 is 7.61.